The number of allylic oxidation sites excluding steroid dienone is 5. The second-order valence-electron chi connectivity index (χ2n) is 8.11. The van der Waals surface area contributed by atoms with Crippen molar-refractivity contribution < 1.29 is 9.90 Å². The average Bonchev–Trinajstić information content (AvgIpc) is 2.95. The molecule has 0 aromatic rings. The number of carbonyl (C=O) groups excluding carboxylic acids is 1. The Morgan fingerprint density at radius 3 is 2.73 bits per heavy atom. The lowest BCUT2D eigenvalue weighted by Gasteiger charge is -2.31. The van der Waals surface area contributed by atoms with Crippen molar-refractivity contribution in [3.63, 3.8) is 0 Å². The zero-order valence-corrected chi connectivity index (χ0v) is 14.0. The van der Waals surface area contributed by atoms with Crippen LogP contribution in [0.2, 0.25) is 0 Å². The van der Waals surface area contributed by atoms with Crippen LogP contribution in [-0.2, 0) is 4.79 Å². The van der Waals surface area contributed by atoms with Crippen molar-refractivity contribution in [1.82, 2.24) is 0 Å². The van der Waals surface area contributed by atoms with E-state index >= 15 is 0 Å². The topological polar surface area (TPSA) is 37.3 Å². The van der Waals surface area contributed by atoms with Gasteiger partial charge >= 0.3 is 0 Å². The Balaban J connectivity index is 1.86. The van der Waals surface area contributed by atoms with Crippen LogP contribution in [0.5, 0.6) is 0 Å². The van der Waals surface area contributed by atoms with Crippen LogP contribution in [-0.4, -0.2) is 17.0 Å². The molecule has 0 radical (unpaired) electrons. The number of carbonyl (C=O) groups is 1. The molecule has 3 saturated carbocycles. The highest BCUT2D eigenvalue weighted by Gasteiger charge is 2.68. The Morgan fingerprint density at radius 1 is 1.32 bits per heavy atom. The summed E-state index contributed by atoms with van der Waals surface area (Å²) in [6.07, 6.45) is 11.4. The van der Waals surface area contributed by atoms with Crippen LogP contribution in [0.25, 0.3) is 0 Å². The Labute approximate surface area is 134 Å². The van der Waals surface area contributed by atoms with Gasteiger partial charge in [-0.25, -0.2) is 0 Å². The fraction of sp³-hybridized carbons (Fsp3) is 0.650. The third kappa shape index (κ3) is 2.32. The number of hydrogen-bond acceptors (Lipinski definition) is 2. The summed E-state index contributed by atoms with van der Waals surface area (Å²) >= 11 is 0. The van der Waals surface area contributed by atoms with E-state index in [4.69, 9.17) is 0 Å². The number of aldehydes is 1. The molecule has 22 heavy (non-hydrogen) atoms. The maximum absolute atomic E-state index is 10.9. The second kappa shape index (κ2) is 5.19. The SMILES string of the molecule is C=C1CC[C@H]2[C@H]([C@H]3[C@H]1CC[C@]3(C)O)[C@@]2(C)/C=C/C=C(/C)C=O. The van der Waals surface area contributed by atoms with E-state index in [1.165, 1.54) is 12.0 Å². The highest BCUT2D eigenvalue weighted by molar-refractivity contribution is 5.72. The van der Waals surface area contributed by atoms with Gasteiger partial charge in [0, 0.05) is 0 Å². The first-order chi connectivity index (χ1) is 10.3. The molecular weight excluding hydrogens is 272 g/mol. The fourth-order valence-electron chi connectivity index (χ4n) is 5.32. The summed E-state index contributed by atoms with van der Waals surface area (Å²) in [7, 11) is 0. The van der Waals surface area contributed by atoms with E-state index in [9.17, 15) is 9.90 Å². The molecular formula is C20H28O2. The molecule has 0 aromatic heterocycles. The fourth-order valence-corrected chi connectivity index (χ4v) is 5.32. The van der Waals surface area contributed by atoms with Gasteiger partial charge in [-0.3, -0.25) is 4.79 Å². The van der Waals surface area contributed by atoms with Crippen molar-refractivity contribution in [3.8, 4) is 0 Å². The Kier molecular flexibility index (Phi) is 3.71. The predicted molar refractivity (Wildman–Crippen MR) is 89.3 cm³/mol. The van der Waals surface area contributed by atoms with Crippen LogP contribution in [0.15, 0.2) is 36.0 Å². The zero-order valence-electron chi connectivity index (χ0n) is 14.0. The summed E-state index contributed by atoms with van der Waals surface area (Å²) in [4.78, 5) is 10.7. The van der Waals surface area contributed by atoms with Crippen LogP contribution >= 0.6 is 0 Å². The van der Waals surface area contributed by atoms with Gasteiger partial charge in [-0.15, -0.1) is 0 Å². The summed E-state index contributed by atoms with van der Waals surface area (Å²) in [5.41, 5.74) is 1.72. The van der Waals surface area contributed by atoms with Gasteiger partial charge in [-0.1, -0.05) is 37.3 Å². The lowest BCUT2D eigenvalue weighted by atomic mass is 9.77. The van der Waals surface area contributed by atoms with E-state index in [-0.39, 0.29) is 5.41 Å². The number of rotatable bonds is 3. The van der Waals surface area contributed by atoms with Crippen molar-refractivity contribution in [1.29, 1.82) is 0 Å². The maximum Gasteiger partial charge on any atom is 0.145 e. The van der Waals surface area contributed by atoms with Crippen molar-refractivity contribution in [2.24, 2.45) is 29.1 Å². The van der Waals surface area contributed by atoms with Crippen LogP contribution in [0, 0.1) is 29.1 Å². The Bertz CT molecular complexity index is 554. The van der Waals surface area contributed by atoms with Gasteiger partial charge in [0.25, 0.3) is 0 Å². The minimum atomic E-state index is -0.555. The third-order valence-corrected chi connectivity index (χ3v) is 6.64. The normalized spacial score (nSPS) is 48.0. The van der Waals surface area contributed by atoms with Crippen LogP contribution in [0.3, 0.4) is 0 Å². The summed E-state index contributed by atoms with van der Waals surface area (Å²) in [5, 5.41) is 10.9. The molecule has 3 rings (SSSR count). The third-order valence-electron chi connectivity index (χ3n) is 6.64. The van der Waals surface area contributed by atoms with Crippen molar-refractivity contribution in [3.05, 3.63) is 36.0 Å². The molecule has 120 valence electrons. The molecule has 2 nitrogen and oxygen atoms in total. The number of aliphatic hydroxyl groups is 1. The Hall–Kier alpha value is -1.15. The smallest absolute Gasteiger partial charge is 0.145 e. The molecule has 0 aliphatic heterocycles. The van der Waals surface area contributed by atoms with E-state index in [1.807, 2.05) is 26.0 Å². The molecule has 0 unspecified atom stereocenters. The molecule has 0 heterocycles. The predicted octanol–water partition coefficient (Wildman–Crippen LogP) is 4.07. The zero-order chi connectivity index (χ0) is 16.1. The molecule has 3 aliphatic carbocycles. The van der Waals surface area contributed by atoms with E-state index in [1.54, 1.807) is 0 Å². The van der Waals surface area contributed by atoms with Gasteiger partial charge in [0.2, 0.25) is 0 Å². The first-order valence-electron chi connectivity index (χ1n) is 8.52. The highest BCUT2D eigenvalue weighted by Crippen LogP contribution is 2.72. The standard InChI is InChI=1S/C20H28O2/c1-13(12-21)6-5-10-19(3)16-8-7-14(2)15-9-11-20(4,22)17(15)18(16)19/h5-6,10,12,15-18,22H,2,7-9,11H2,1,3-4H3/b10-5+,13-6-/t15-,16-,17+,18+,19-,20-/m0/s1. The lowest BCUT2D eigenvalue weighted by Crippen LogP contribution is -2.35. The minimum absolute atomic E-state index is 0.164. The second-order valence-corrected chi connectivity index (χ2v) is 8.11. The molecule has 0 spiro atoms. The van der Waals surface area contributed by atoms with Crippen LogP contribution in [0.4, 0.5) is 0 Å². The highest BCUT2D eigenvalue weighted by atomic mass is 16.3. The van der Waals surface area contributed by atoms with Crippen molar-refractivity contribution >= 4 is 6.29 Å². The molecule has 1 N–H and O–H groups in total. The molecule has 0 amide bonds. The molecule has 3 fully saturated rings. The first-order valence-corrected chi connectivity index (χ1v) is 8.52. The first kappa shape index (κ1) is 15.7. The average molecular weight is 300 g/mol. The summed E-state index contributed by atoms with van der Waals surface area (Å²) < 4.78 is 0. The van der Waals surface area contributed by atoms with Crippen molar-refractivity contribution in [2.45, 2.75) is 52.1 Å². The van der Waals surface area contributed by atoms with E-state index in [2.05, 4.69) is 19.6 Å². The van der Waals surface area contributed by atoms with Crippen LogP contribution < -0.4 is 0 Å². The van der Waals surface area contributed by atoms with E-state index < -0.39 is 5.60 Å². The van der Waals surface area contributed by atoms with Gasteiger partial charge in [0.05, 0.1) is 5.60 Å². The van der Waals surface area contributed by atoms with Crippen molar-refractivity contribution in [2.75, 3.05) is 0 Å². The van der Waals surface area contributed by atoms with Gasteiger partial charge < -0.3 is 5.11 Å². The number of hydrogen-bond donors (Lipinski definition) is 1. The van der Waals surface area contributed by atoms with Gasteiger partial charge in [-0.05, 0) is 74.2 Å². The summed E-state index contributed by atoms with van der Waals surface area (Å²) in [5.74, 6) is 2.03. The van der Waals surface area contributed by atoms with E-state index in [0.717, 1.165) is 31.1 Å². The minimum Gasteiger partial charge on any atom is -0.390 e. The van der Waals surface area contributed by atoms with E-state index in [0.29, 0.717) is 23.7 Å². The molecule has 3 aliphatic rings. The monoisotopic (exact) mass is 300 g/mol. The number of fused-ring (bicyclic) bond motifs is 3. The Morgan fingerprint density at radius 2 is 2.05 bits per heavy atom. The van der Waals surface area contributed by atoms with Gasteiger partial charge in [0.1, 0.15) is 6.29 Å². The molecule has 0 saturated heterocycles. The quantitative estimate of drug-likeness (QED) is 0.369. The summed E-state index contributed by atoms with van der Waals surface area (Å²) in [6.45, 7) is 10.5. The molecule has 0 bridgehead atoms. The van der Waals surface area contributed by atoms with Crippen LogP contribution in [0.1, 0.15) is 46.5 Å². The summed E-state index contributed by atoms with van der Waals surface area (Å²) in [6, 6.07) is 0. The molecule has 2 heteroatoms. The maximum atomic E-state index is 10.9. The van der Waals surface area contributed by atoms with Gasteiger partial charge in [-0.2, -0.15) is 0 Å². The largest absolute Gasteiger partial charge is 0.390 e. The molecule has 6 atom stereocenters. The lowest BCUT2D eigenvalue weighted by molar-refractivity contribution is -0.104. The van der Waals surface area contributed by atoms with Gasteiger partial charge in [0.15, 0.2) is 0 Å². The molecule has 0 aromatic carbocycles.